The minimum absolute atomic E-state index is 0.0186. The molecule has 10 heteroatoms. The molecule has 0 aliphatic heterocycles. The number of rotatable bonds is 6. The first-order valence-corrected chi connectivity index (χ1v) is 12.5. The van der Waals surface area contributed by atoms with Crippen molar-refractivity contribution in [3.8, 4) is 5.75 Å². The molecule has 4 rings (SSSR count). The average Bonchev–Trinajstić information content (AvgIpc) is 3.17. The molecule has 0 amide bonds. The summed E-state index contributed by atoms with van der Waals surface area (Å²) in [7, 11) is -2.44. The van der Waals surface area contributed by atoms with E-state index in [9.17, 15) is 8.42 Å². The topological polar surface area (TPSA) is 73.2 Å². The summed E-state index contributed by atoms with van der Waals surface area (Å²) in [6.07, 6.45) is 1.69. The Kier molecular flexibility index (Phi) is 6.51. The summed E-state index contributed by atoms with van der Waals surface area (Å²) >= 11 is 18.2. The van der Waals surface area contributed by atoms with Gasteiger partial charge in [0.25, 0.3) is 10.0 Å². The highest BCUT2D eigenvalue weighted by Gasteiger charge is 2.24. The molecule has 1 N–H and O–H groups in total. The Balaban J connectivity index is 1.78. The Hall–Kier alpha value is -2.45. The van der Waals surface area contributed by atoms with Crippen LogP contribution in [0.5, 0.6) is 5.75 Å². The van der Waals surface area contributed by atoms with E-state index in [2.05, 4.69) is 9.71 Å². The molecule has 1 heterocycles. The molecule has 172 valence electrons. The van der Waals surface area contributed by atoms with Crippen LogP contribution in [0.2, 0.25) is 15.1 Å². The Labute approximate surface area is 207 Å². The normalized spacial score (nSPS) is 11.7. The number of hydrogen-bond acceptors (Lipinski definition) is 4. The highest BCUT2D eigenvalue weighted by molar-refractivity contribution is 7.92. The summed E-state index contributed by atoms with van der Waals surface area (Å²) in [5.74, 6) is 0.760. The Morgan fingerprint density at radius 3 is 2.55 bits per heavy atom. The molecule has 0 unspecified atom stereocenters. The Morgan fingerprint density at radius 1 is 1.06 bits per heavy atom. The van der Waals surface area contributed by atoms with Gasteiger partial charge in [0.2, 0.25) is 0 Å². The summed E-state index contributed by atoms with van der Waals surface area (Å²) in [5.41, 5.74) is 4.40. The van der Waals surface area contributed by atoms with Gasteiger partial charge in [-0.1, -0.05) is 46.9 Å². The minimum Gasteiger partial charge on any atom is -0.497 e. The van der Waals surface area contributed by atoms with Crippen molar-refractivity contribution in [2.75, 3.05) is 11.8 Å². The number of aryl methyl sites for hydroxylation is 1. The van der Waals surface area contributed by atoms with Crippen LogP contribution in [-0.2, 0) is 16.6 Å². The molecule has 0 spiro atoms. The Bertz CT molecular complexity index is 1480. The van der Waals surface area contributed by atoms with Gasteiger partial charge in [0.05, 0.1) is 39.7 Å². The van der Waals surface area contributed by atoms with E-state index in [0.29, 0.717) is 17.7 Å². The minimum atomic E-state index is -4.06. The molecular formula is C23H20Cl3N3O3S. The van der Waals surface area contributed by atoms with Crippen molar-refractivity contribution < 1.29 is 13.2 Å². The molecule has 0 aliphatic rings. The highest BCUT2D eigenvalue weighted by Crippen LogP contribution is 2.37. The van der Waals surface area contributed by atoms with Crippen molar-refractivity contribution in [3.63, 3.8) is 0 Å². The van der Waals surface area contributed by atoms with Gasteiger partial charge in [0.15, 0.2) is 0 Å². The van der Waals surface area contributed by atoms with Gasteiger partial charge in [0.1, 0.15) is 16.2 Å². The number of nitrogens with zero attached hydrogens (tertiary/aromatic N) is 2. The maximum Gasteiger partial charge on any atom is 0.263 e. The number of aromatic nitrogens is 2. The zero-order valence-corrected chi connectivity index (χ0v) is 21.1. The molecule has 0 radical (unpaired) electrons. The fourth-order valence-corrected chi connectivity index (χ4v) is 5.66. The number of anilines is 1. The molecule has 33 heavy (non-hydrogen) atoms. The second kappa shape index (κ2) is 9.06. The fourth-order valence-electron chi connectivity index (χ4n) is 3.55. The smallest absolute Gasteiger partial charge is 0.263 e. The molecule has 3 aromatic carbocycles. The number of imidazole rings is 1. The maximum atomic E-state index is 13.2. The second-order valence-corrected chi connectivity index (χ2v) is 10.4. The number of halogens is 3. The quantitative estimate of drug-likeness (QED) is 0.293. The molecule has 0 aliphatic carbocycles. The predicted molar refractivity (Wildman–Crippen MR) is 134 cm³/mol. The zero-order chi connectivity index (χ0) is 23.9. The van der Waals surface area contributed by atoms with Crippen LogP contribution < -0.4 is 9.46 Å². The Morgan fingerprint density at radius 2 is 1.82 bits per heavy atom. The van der Waals surface area contributed by atoms with Gasteiger partial charge < -0.3 is 9.30 Å². The number of fused-ring (bicyclic) bond motifs is 1. The van der Waals surface area contributed by atoms with E-state index in [1.807, 2.05) is 48.7 Å². The van der Waals surface area contributed by atoms with Crippen LogP contribution in [-0.4, -0.2) is 25.1 Å². The van der Waals surface area contributed by atoms with E-state index >= 15 is 0 Å². The molecule has 0 atom stereocenters. The first kappa shape index (κ1) is 23.7. The van der Waals surface area contributed by atoms with Crippen molar-refractivity contribution in [2.24, 2.45) is 0 Å². The fraction of sp³-hybridized carbons (Fsp3) is 0.174. The number of nitrogens with one attached hydrogen (secondary N) is 1. The van der Waals surface area contributed by atoms with E-state index in [-0.39, 0.29) is 20.0 Å². The van der Waals surface area contributed by atoms with E-state index in [1.165, 1.54) is 12.1 Å². The van der Waals surface area contributed by atoms with Crippen LogP contribution in [0.1, 0.15) is 16.7 Å². The molecule has 4 aromatic rings. The average molecular weight is 525 g/mol. The van der Waals surface area contributed by atoms with E-state index in [4.69, 9.17) is 39.5 Å². The molecule has 0 saturated carbocycles. The van der Waals surface area contributed by atoms with Gasteiger partial charge in [-0.3, -0.25) is 4.72 Å². The maximum absolute atomic E-state index is 13.2. The van der Waals surface area contributed by atoms with Crippen LogP contribution in [0.15, 0.2) is 53.7 Å². The molecule has 6 nitrogen and oxygen atoms in total. The van der Waals surface area contributed by atoms with Gasteiger partial charge in [0, 0.05) is 6.54 Å². The number of hydrogen-bond donors (Lipinski definition) is 1. The van der Waals surface area contributed by atoms with Gasteiger partial charge in [-0.05, 0) is 60.9 Å². The van der Waals surface area contributed by atoms with Crippen LogP contribution in [0.3, 0.4) is 0 Å². The van der Waals surface area contributed by atoms with Crippen LogP contribution in [0.4, 0.5) is 5.69 Å². The standard InChI is InChI=1S/C23H20Cl3N3O3S/c1-13-9-18-23(27-12-29(18)11-15-5-4-6-16(10-15)32-3)22(14(13)2)28-33(30,31)19-8-7-17(24)20(25)21(19)26/h4-10,12,28H,11H2,1-3H3. The van der Waals surface area contributed by atoms with Crippen molar-refractivity contribution in [1.82, 2.24) is 9.55 Å². The van der Waals surface area contributed by atoms with Crippen molar-refractivity contribution in [2.45, 2.75) is 25.3 Å². The third-order valence-electron chi connectivity index (χ3n) is 5.45. The lowest BCUT2D eigenvalue weighted by molar-refractivity contribution is 0.414. The van der Waals surface area contributed by atoms with Crippen LogP contribution in [0, 0.1) is 13.8 Å². The van der Waals surface area contributed by atoms with Crippen molar-refractivity contribution in [1.29, 1.82) is 0 Å². The third-order valence-corrected chi connectivity index (χ3v) is 8.25. The SMILES string of the molecule is COc1cccc(Cn2cnc3c(NS(=O)(=O)c4ccc(Cl)c(Cl)c4Cl)c(C)c(C)cc32)c1. The zero-order valence-electron chi connectivity index (χ0n) is 18.0. The van der Waals surface area contributed by atoms with Gasteiger partial charge >= 0.3 is 0 Å². The first-order chi connectivity index (χ1) is 15.6. The third kappa shape index (κ3) is 4.51. The van der Waals surface area contributed by atoms with E-state index in [1.54, 1.807) is 13.4 Å². The van der Waals surface area contributed by atoms with E-state index in [0.717, 1.165) is 28.0 Å². The molecular weight excluding hydrogens is 505 g/mol. The van der Waals surface area contributed by atoms with E-state index < -0.39 is 10.0 Å². The number of methoxy groups -OCH3 is 1. The molecule has 0 saturated heterocycles. The van der Waals surface area contributed by atoms with Crippen molar-refractivity contribution in [3.05, 3.63) is 80.6 Å². The lowest BCUT2D eigenvalue weighted by Crippen LogP contribution is -2.15. The van der Waals surface area contributed by atoms with Gasteiger partial charge in [-0.2, -0.15) is 0 Å². The summed E-state index contributed by atoms with van der Waals surface area (Å²) in [5, 5.41) is 0.0164. The largest absolute Gasteiger partial charge is 0.497 e. The lowest BCUT2D eigenvalue weighted by Gasteiger charge is -2.15. The predicted octanol–water partition coefficient (Wildman–Crippen LogP) is 6.47. The number of ether oxygens (including phenoxy) is 1. The summed E-state index contributed by atoms with van der Waals surface area (Å²) < 4.78 is 36.4. The van der Waals surface area contributed by atoms with Crippen LogP contribution >= 0.6 is 34.8 Å². The monoisotopic (exact) mass is 523 g/mol. The highest BCUT2D eigenvalue weighted by atomic mass is 35.5. The lowest BCUT2D eigenvalue weighted by atomic mass is 10.1. The van der Waals surface area contributed by atoms with Crippen LogP contribution in [0.25, 0.3) is 11.0 Å². The summed E-state index contributed by atoms with van der Waals surface area (Å²) in [4.78, 5) is 4.35. The van der Waals surface area contributed by atoms with Gasteiger partial charge in [-0.25, -0.2) is 13.4 Å². The number of benzene rings is 3. The number of sulfonamides is 1. The molecule has 1 aromatic heterocycles. The first-order valence-electron chi connectivity index (χ1n) is 9.86. The molecule has 0 fully saturated rings. The summed E-state index contributed by atoms with van der Waals surface area (Å²) in [6.45, 7) is 4.30. The molecule has 0 bridgehead atoms. The van der Waals surface area contributed by atoms with Gasteiger partial charge in [-0.15, -0.1) is 0 Å². The summed E-state index contributed by atoms with van der Waals surface area (Å²) in [6, 6.07) is 12.4. The van der Waals surface area contributed by atoms with Crippen molar-refractivity contribution >= 4 is 61.5 Å². The second-order valence-electron chi connectivity index (χ2n) is 7.56.